The Morgan fingerprint density at radius 2 is 2.26 bits per heavy atom. The van der Waals surface area contributed by atoms with E-state index in [9.17, 15) is 4.79 Å². The molecular weight excluding hydrogens is 242 g/mol. The standard InChI is InChI=1S/C14H19N3O2/c1-9(2)7-15-8-11-6-12(18)17-14(16-11)13-10(3)4-5-19-13/h4-6,9,15H,7-8H2,1-3H3,(H,16,17,18). The van der Waals surface area contributed by atoms with Gasteiger partial charge in [0.15, 0.2) is 11.6 Å². The van der Waals surface area contributed by atoms with Crippen LogP contribution in [0.3, 0.4) is 0 Å². The van der Waals surface area contributed by atoms with E-state index in [1.807, 2.05) is 13.0 Å². The molecule has 0 radical (unpaired) electrons. The van der Waals surface area contributed by atoms with Gasteiger partial charge in [0.05, 0.1) is 12.0 Å². The minimum Gasteiger partial charge on any atom is -0.461 e. The molecule has 0 atom stereocenters. The van der Waals surface area contributed by atoms with E-state index in [2.05, 4.69) is 29.1 Å². The molecule has 5 nitrogen and oxygen atoms in total. The van der Waals surface area contributed by atoms with Crippen LogP contribution >= 0.6 is 0 Å². The summed E-state index contributed by atoms with van der Waals surface area (Å²) in [6.07, 6.45) is 1.59. The second-order valence-corrected chi connectivity index (χ2v) is 5.04. The molecule has 0 unspecified atom stereocenters. The molecule has 19 heavy (non-hydrogen) atoms. The van der Waals surface area contributed by atoms with Crippen molar-refractivity contribution in [2.45, 2.75) is 27.3 Å². The monoisotopic (exact) mass is 261 g/mol. The van der Waals surface area contributed by atoms with Gasteiger partial charge in [0.1, 0.15) is 0 Å². The van der Waals surface area contributed by atoms with Crippen LogP contribution in [-0.2, 0) is 6.54 Å². The van der Waals surface area contributed by atoms with Gasteiger partial charge in [0.25, 0.3) is 5.56 Å². The van der Waals surface area contributed by atoms with Crippen LogP contribution in [0.2, 0.25) is 0 Å². The van der Waals surface area contributed by atoms with Crippen molar-refractivity contribution >= 4 is 0 Å². The summed E-state index contributed by atoms with van der Waals surface area (Å²) in [6, 6.07) is 3.36. The Morgan fingerprint density at radius 1 is 1.47 bits per heavy atom. The van der Waals surface area contributed by atoms with Gasteiger partial charge in [-0.25, -0.2) is 4.98 Å². The van der Waals surface area contributed by atoms with E-state index in [-0.39, 0.29) is 5.56 Å². The Hall–Kier alpha value is -1.88. The van der Waals surface area contributed by atoms with Crippen molar-refractivity contribution in [1.82, 2.24) is 15.3 Å². The molecule has 0 saturated heterocycles. The zero-order valence-corrected chi connectivity index (χ0v) is 11.5. The average Bonchev–Trinajstić information content (AvgIpc) is 2.74. The van der Waals surface area contributed by atoms with E-state index in [1.54, 1.807) is 6.26 Å². The molecule has 2 aromatic heterocycles. The lowest BCUT2D eigenvalue weighted by Crippen LogP contribution is -2.21. The number of nitrogens with one attached hydrogen (secondary N) is 2. The molecule has 0 aliphatic heterocycles. The van der Waals surface area contributed by atoms with Crippen LogP contribution in [-0.4, -0.2) is 16.5 Å². The van der Waals surface area contributed by atoms with Gasteiger partial charge in [-0.15, -0.1) is 0 Å². The first-order chi connectivity index (χ1) is 9.06. The highest BCUT2D eigenvalue weighted by Crippen LogP contribution is 2.19. The van der Waals surface area contributed by atoms with Crippen LogP contribution in [0.15, 0.2) is 27.6 Å². The third-order valence-electron chi connectivity index (χ3n) is 2.73. The summed E-state index contributed by atoms with van der Waals surface area (Å²) in [5.74, 6) is 1.66. The maximum absolute atomic E-state index is 11.6. The van der Waals surface area contributed by atoms with Crippen molar-refractivity contribution < 1.29 is 4.42 Å². The molecule has 2 heterocycles. The molecule has 0 saturated carbocycles. The van der Waals surface area contributed by atoms with Crippen LogP contribution in [0.4, 0.5) is 0 Å². The predicted octanol–water partition coefficient (Wildman–Crippen LogP) is 2.08. The number of aryl methyl sites for hydroxylation is 1. The van der Waals surface area contributed by atoms with Crippen LogP contribution in [0.5, 0.6) is 0 Å². The van der Waals surface area contributed by atoms with Gasteiger partial charge in [-0.1, -0.05) is 13.8 Å². The fourth-order valence-electron chi connectivity index (χ4n) is 1.81. The summed E-state index contributed by atoms with van der Waals surface area (Å²) >= 11 is 0. The normalized spacial score (nSPS) is 11.2. The topological polar surface area (TPSA) is 70.9 Å². The fraction of sp³-hybridized carbons (Fsp3) is 0.429. The number of hydrogen-bond acceptors (Lipinski definition) is 4. The van der Waals surface area contributed by atoms with Crippen LogP contribution in [0.1, 0.15) is 25.1 Å². The van der Waals surface area contributed by atoms with Crippen molar-refractivity contribution in [3.05, 3.63) is 40.0 Å². The summed E-state index contributed by atoms with van der Waals surface area (Å²) < 4.78 is 5.35. The smallest absolute Gasteiger partial charge is 0.251 e. The van der Waals surface area contributed by atoms with E-state index < -0.39 is 0 Å². The van der Waals surface area contributed by atoms with Crippen molar-refractivity contribution in [3.63, 3.8) is 0 Å². The molecule has 2 aromatic rings. The Bertz CT molecular complexity index is 599. The van der Waals surface area contributed by atoms with Crippen molar-refractivity contribution in [3.8, 4) is 11.6 Å². The first kappa shape index (κ1) is 13.5. The first-order valence-corrected chi connectivity index (χ1v) is 6.41. The number of aromatic nitrogens is 2. The largest absolute Gasteiger partial charge is 0.461 e. The number of H-pyrrole nitrogens is 1. The van der Waals surface area contributed by atoms with Crippen molar-refractivity contribution in [1.29, 1.82) is 0 Å². The highest BCUT2D eigenvalue weighted by atomic mass is 16.3. The number of furan rings is 1. The lowest BCUT2D eigenvalue weighted by Gasteiger charge is -2.07. The van der Waals surface area contributed by atoms with E-state index in [0.717, 1.165) is 17.8 Å². The van der Waals surface area contributed by atoms with E-state index in [1.165, 1.54) is 6.07 Å². The third-order valence-corrected chi connectivity index (χ3v) is 2.73. The van der Waals surface area contributed by atoms with Gasteiger partial charge in [0, 0.05) is 12.6 Å². The highest BCUT2D eigenvalue weighted by Gasteiger charge is 2.09. The maximum atomic E-state index is 11.6. The van der Waals surface area contributed by atoms with Gasteiger partial charge in [-0.3, -0.25) is 4.79 Å². The minimum atomic E-state index is -0.165. The Morgan fingerprint density at radius 3 is 2.89 bits per heavy atom. The van der Waals surface area contributed by atoms with Gasteiger partial charge in [-0.2, -0.15) is 0 Å². The molecule has 0 spiro atoms. The summed E-state index contributed by atoms with van der Waals surface area (Å²) in [4.78, 5) is 18.8. The second kappa shape index (κ2) is 5.84. The van der Waals surface area contributed by atoms with Gasteiger partial charge < -0.3 is 14.7 Å². The molecule has 0 aromatic carbocycles. The van der Waals surface area contributed by atoms with Crippen molar-refractivity contribution in [2.24, 2.45) is 5.92 Å². The van der Waals surface area contributed by atoms with Crippen LogP contribution < -0.4 is 10.9 Å². The quantitative estimate of drug-likeness (QED) is 0.864. The van der Waals surface area contributed by atoms with Crippen molar-refractivity contribution in [2.75, 3.05) is 6.54 Å². The third kappa shape index (κ3) is 3.54. The number of aromatic amines is 1. The second-order valence-electron chi connectivity index (χ2n) is 5.04. The fourth-order valence-corrected chi connectivity index (χ4v) is 1.81. The maximum Gasteiger partial charge on any atom is 0.251 e. The molecule has 0 fully saturated rings. The van der Waals surface area contributed by atoms with Crippen LogP contribution in [0.25, 0.3) is 11.6 Å². The SMILES string of the molecule is Cc1ccoc1-c1nc(CNCC(C)C)cc(=O)[nH]1. The summed E-state index contributed by atoms with van der Waals surface area (Å²) in [5, 5.41) is 3.27. The molecule has 2 rings (SSSR count). The zero-order valence-electron chi connectivity index (χ0n) is 11.5. The lowest BCUT2D eigenvalue weighted by molar-refractivity contribution is 0.546. The average molecular weight is 261 g/mol. The molecule has 0 amide bonds. The summed E-state index contributed by atoms with van der Waals surface area (Å²) in [6.45, 7) is 7.66. The number of nitrogens with zero attached hydrogens (tertiary/aromatic N) is 1. The van der Waals surface area contributed by atoms with E-state index >= 15 is 0 Å². The minimum absolute atomic E-state index is 0.165. The number of rotatable bonds is 5. The van der Waals surface area contributed by atoms with Crippen LogP contribution in [0, 0.1) is 12.8 Å². The molecule has 102 valence electrons. The van der Waals surface area contributed by atoms with Gasteiger partial charge >= 0.3 is 0 Å². The van der Waals surface area contributed by atoms with Gasteiger partial charge in [-0.05, 0) is 31.0 Å². The zero-order chi connectivity index (χ0) is 13.8. The molecule has 0 bridgehead atoms. The van der Waals surface area contributed by atoms with Gasteiger partial charge in [0.2, 0.25) is 0 Å². The molecule has 0 aliphatic carbocycles. The molecular formula is C14H19N3O2. The Kier molecular flexibility index (Phi) is 4.16. The molecule has 0 aliphatic rings. The van der Waals surface area contributed by atoms with E-state index in [0.29, 0.717) is 24.0 Å². The summed E-state index contributed by atoms with van der Waals surface area (Å²) in [5.41, 5.74) is 1.51. The van der Waals surface area contributed by atoms with E-state index in [4.69, 9.17) is 4.42 Å². The highest BCUT2D eigenvalue weighted by molar-refractivity contribution is 5.51. The number of hydrogen-bond donors (Lipinski definition) is 2. The molecule has 2 N–H and O–H groups in total. The first-order valence-electron chi connectivity index (χ1n) is 6.41. The Labute approximate surface area is 112 Å². The lowest BCUT2D eigenvalue weighted by atomic mass is 10.2. The predicted molar refractivity (Wildman–Crippen MR) is 73.8 cm³/mol. The molecule has 5 heteroatoms. The Balaban J connectivity index is 2.21. The summed E-state index contributed by atoms with van der Waals surface area (Å²) in [7, 11) is 0.